The first-order valence-electron chi connectivity index (χ1n) is 7.96. The predicted octanol–water partition coefficient (Wildman–Crippen LogP) is 2.98. The topological polar surface area (TPSA) is 32.3 Å². The van der Waals surface area contributed by atoms with Crippen LogP contribution in [0.1, 0.15) is 50.8 Å². The highest BCUT2D eigenvalue weighted by Gasteiger charge is 2.61. The van der Waals surface area contributed by atoms with Gasteiger partial charge in [0.2, 0.25) is 5.91 Å². The van der Waals surface area contributed by atoms with Crippen molar-refractivity contribution in [3.63, 3.8) is 0 Å². The molecular formula is C17H21FN2O. The normalized spacial score (nSPS) is 33.9. The Hall–Kier alpha value is -1.42. The summed E-state index contributed by atoms with van der Waals surface area (Å²) in [6.45, 7) is 2.24. The van der Waals surface area contributed by atoms with E-state index in [4.69, 9.17) is 0 Å². The summed E-state index contributed by atoms with van der Waals surface area (Å²) in [5, 5.41) is 3.43. The van der Waals surface area contributed by atoms with Gasteiger partial charge in [-0.25, -0.2) is 4.39 Å². The maximum atomic E-state index is 14.2. The highest BCUT2D eigenvalue weighted by Crippen LogP contribution is 2.49. The van der Waals surface area contributed by atoms with E-state index in [1.165, 1.54) is 6.07 Å². The van der Waals surface area contributed by atoms with E-state index in [-0.39, 0.29) is 23.9 Å². The van der Waals surface area contributed by atoms with Gasteiger partial charge in [0, 0.05) is 11.6 Å². The van der Waals surface area contributed by atoms with Gasteiger partial charge in [0.05, 0.1) is 0 Å². The van der Waals surface area contributed by atoms with Gasteiger partial charge in [0.1, 0.15) is 17.5 Å². The lowest BCUT2D eigenvalue weighted by Gasteiger charge is -2.30. The van der Waals surface area contributed by atoms with Gasteiger partial charge < -0.3 is 4.90 Å². The van der Waals surface area contributed by atoms with Crippen molar-refractivity contribution in [1.82, 2.24) is 10.2 Å². The quantitative estimate of drug-likeness (QED) is 0.907. The van der Waals surface area contributed by atoms with E-state index in [0.29, 0.717) is 11.5 Å². The van der Waals surface area contributed by atoms with Gasteiger partial charge in [-0.2, -0.15) is 0 Å². The molecule has 3 fully saturated rings. The molecule has 0 radical (unpaired) electrons. The van der Waals surface area contributed by atoms with Crippen molar-refractivity contribution in [1.29, 1.82) is 0 Å². The average Bonchev–Trinajstić information content (AvgIpc) is 3.04. The monoisotopic (exact) mass is 288 g/mol. The predicted molar refractivity (Wildman–Crippen MR) is 77.9 cm³/mol. The van der Waals surface area contributed by atoms with Crippen LogP contribution in [0, 0.1) is 11.7 Å². The van der Waals surface area contributed by atoms with Gasteiger partial charge in [0.25, 0.3) is 0 Å². The Morgan fingerprint density at radius 3 is 2.67 bits per heavy atom. The molecule has 3 atom stereocenters. The van der Waals surface area contributed by atoms with Crippen LogP contribution in [0.2, 0.25) is 0 Å². The molecule has 3 aliphatic rings. The van der Waals surface area contributed by atoms with Crippen LogP contribution >= 0.6 is 0 Å². The van der Waals surface area contributed by atoms with E-state index in [9.17, 15) is 9.18 Å². The third-order valence-corrected chi connectivity index (χ3v) is 5.35. The molecular weight excluding hydrogens is 267 g/mol. The Balaban J connectivity index is 1.70. The van der Waals surface area contributed by atoms with Gasteiger partial charge in [0.15, 0.2) is 0 Å². The Labute approximate surface area is 124 Å². The van der Waals surface area contributed by atoms with Gasteiger partial charge in [-0.05, 0) is 44.1 Å². The molecule has 3 nitrogen and oxygen atoms in total. The Morgan fingerprint density at radius 1 is 1.29 bits per heavy atom. The Morgan fingerprint density at radius 2 is 2.05 bits per heavy atom. The molecule has 0 bridgehead atoms. The van der Waals surface area contributed by atoms with Crippen LogP contribution in [-0.2, 0) is 4.79 Å². The SMILES string of the molecule is CC1CCC(N2C(=O)C3(CC3)NC2c2ccccc2F)C1. The molecule has 1 amide bonds. The molecule has 1 aromatic carbocycles. The summed E-state index contributed by atoms with van der Waals surface area (Å²) in [7, 11) is 0. The van der Waals surface area contributed by atoms with Crippen LogP contribution < -0.4 is 5.32 Å². The second-order valence-electron chi connectivity index (χ2n) is 6.93. The number of benzene rings is 1. The molecule has 1 aliphatic heterocycles. The number of hydrogen-bond donors (Lipinski definition) is 1. The fourth-order valence-electron chi connectivity index (χ4n) is 3.97. The standard InChI is InChI=1S/C17H21FN2O/c1-11-6-7-12(10-11)20-15(13-4-2-3-5-14(13)18)19-17(8-9-17)16(20)21/h2-5,11-12,15,19H,6-10H2,1H3. The van der Waals surface area contributed by atoms with Crippen LogP contribution in [0.15, 0.2) is 24.3 Å². The molecule has 1 spiro atoms. The van der Waals surface area contributed by atoms with Gasteiger partial charge >= 0.3 is 0 Å². The summed E-state index contributed by atoms with van der Waals surface area (Å²) in [6, 6.07) is 7.08. The maximum absolute atomic E-state index is 14.2. The first-order valence-corrected chi connectivity index (χ1v) is 7.96. The Bertz CT molecular complexity index is 584. The first kappa shape index (κ1) is 13.3. The minimum Gasteiger partial charge on any atom is -0.318 e. The van der Waals surface area contributed by atoms with Gasteiger partial charge in [-0.15, -0.1) is 0 Å². The zero-order valence-electron chi connectivity index (χ0n) is 12.3. The maximum Gasteiger partial charge on any atom is 0.244 e. The van der Waals surface area contributed by atoms with E-state index in [2.05, 4.69) is 12.2 Å². The van der Waals surface area contributed by atoms with Crippen LogP contribution in [0.5, 0.6) is 0 Å². The summed E-state index contributed by atoms with van der Waals surface area (Å²) in [4.78, 5) is 14.8. The fourth-order valence-corrected chi connectivity index (χ4v) is 3.97. The molecule has 112 valence electrons. The lowest BCUT2D eigenvalue weighted by molar-refractivity contribution is -0.133. The summed E-state index contributed by atoms with van der Waals surface area (Å²) in [5.41, 5.74) is 0.216. The molecule has 1 saturated heterocycles. The van der Waals surface area contributed by atoms with Gasteiger partial charge in [-0.3, -0.25) is 10.1 Å². The van der Waals surface area contributed by atoms with Crippen molar-refractivity contribution in [2.24, 2.45) is 5.92 Å². The first-order chi connectivity index (χ1) is 10.1. The smallest absolute Gasteiger partial charge is 0.244 e. The molecule has 2 saturated carbocycles. The zero-order valence-corrected chi connectivity index (χ0v) is 12.3. The highest BCUT2D eigenvalue weighted by atomic mass is 19.1. The summed E-state index contributed by atoms with van der Waals surface area (Å²) in [6.07, 6.45) is 4.71. The zero-order chi connectivity index (χ0) is 14.6. The minimum atomic E-state index is -0.390. The van der Waals surface area contributed by atoms with E-state index < -0.39 is 5.54 Å². The highest BCUT2D eigenvalue weighted by molar-refractivity contribution is 5.92. The number of nitrogens with one attached hydrogen (secondary N) is 1. The number of hydrogen-bond acceptors (Lipinski definition) is 2. The van der Waals surface area contributed by atoms with Crippen LogP contribution in [0.3, 0.4) is 0 Å². The minimum absolute atomic E-state index is 0.190. The Kier molecular flexibility index (Phi) is 2.86. The number of rotatable bonds is 2. The van der Waals surface area contributed by atoms with E-state index in [0.717, 1.165) is 32.1 Å². The molecule has 1 heterocycles. The lowest BCUT2D eigenvalue weighted by atomic mass is 10.1. The molecule has 3 unspecified atom stereocenters. The number of nitrogens with zero attached hydrogens (tertiary/aromatic N) is 1. The molecule has 4 rings (SSSR count). The van der Waals surface area contributed by atoms with Gasteiger partial charge in [-0.1, -0.05) is 25.1 Å². The molecule has 4 heteroatoms. The molecule has 21 heavy (non-hydrogen) atoms. The second kappa shape index (κ2) is 4.54. The molecule has 1 N–H and O–H groups in total. The van der Waals surface area contributed by atoms with E-state index in [1.807, 2.05) is 11.0 Å². The largest absolute Gasteiger partial charge is 0.318 e. The summed E-state index contributed by atoms with van der Waals surface area (Å²) < 4.78 is 14.2. The molecule has 2 aliphatic carbocycles. The molecule has 0 aromatic heterocycles. The number of carbonyl (C=O) groups is 1. The van der Waals surface area contributed by atoms with Crippen LogP contribution in [-0.4, -0.2) is 22.4 Å². The summed E-state index contributed by atoms with van der Waals surface area (Å²) >= 11 is 0. The number of carbonyl (C=O) groups excluding carboxylic acids is 1. The van der Waals surface area contributed by atoms with Crippen molar-refractivity contribution >= 4 is 5.91 Å². The van der Waals surface area contributed by atoms with Crippen molar-refractivity contribution in [3.05, 3.63) is 35.6 Å². The molecule has 1 aromatic rings. The van der Waals surface area contributed by atoms with E-state index >= 15 is 0 Å². The van der Waals surface area contributed by atoms with Crippen molar-refractivity contribution < 1.29 is 9.18 Å². The third kappa shape index (κ3) is 2.00. The lowest BCUT2D eigenvalue weighted by Crippen LogP contribution is -2.39. The second-order valence-corrected chi connectivity index (χ2v) is 6.93. The van der Waals surface area contributed by atoms with Crippen LogP contribution in [0.4, 0.5) is 4.39 Å². The number of amides is 1. The summed E-state index contributed by atoms with van der Waals surface area (Å²) in [5.74, 6) is 0.617. The van der Waals surface area contributed by atoms with Crippen molar-refractivity contribution in [3.8, 4) is 0 Å². The van der Waals surface area contributed by atoms with E-state index in [1.54, 1.807) is 12.1 Å². The number of halogens is 1. The van der Waals surface area contributed by atoms with Crippen molar-refractivity contribution in [2.45, 2.75) is 56.8 Å². The van der Waals surface area contributed by atoms with Crippen LogP contribution in [0.25, 0.3) is 0 Å². The average molecular weight is 288 g/mol. The fraction of sp³-hybridized carbons (Fsp3) is 0.588. The third-order valence-electron chi connectivity index (χ3n) is 5.35. The van der Waals surface area contributed by atoms with Crippen molar-refractivity contribution in [2.75, 3.05) is 0 Å².